The molecular formula is C16H25N. The normalized spacial score (nSPS) is 12.2. The third-order valence-electron chi connectivity index (χ3n) is 3.11. The van der Waals surface area contributed by atoms with Gasteiger partial charge in [-0.05, 0) is 56.0 Å². The van der Waals surface area contributed by atoms with Crippen LogP contribution in [0.1, 0.15) is 43.9 Å². The molecule has 1 N–H and O–H groups in total. The van der Waals surface area contributed by atoms with Gasteiger partial charge >= 0.3 is 0 Å². The van der Waals surface area contributed by atoms with Gasteiger partial charge < -0.3 is 5.32 Å². The van der Waals surface area contributed by atoms with Crippen LogP contribution in [0.5, 0.6) is 0 Å². The van der Waals surface area contributed by atoms with Crippen LogP contribution < -0.4 is 5.32 Å². The molecule has 0 unspecified atom stereocenters. The molecule has 0 aliphatic heterocycles. The lowest BCUT2D eigenvalue weighted by Gasteiger charge is -2.08. The molecule has 0 spiro atoms. The first-order chi connectivity index (χ1) is 8.00. The summed E-state index contributed by atoms with van der Waals surface area (Å²) in [6.07, 6.45) is 3.41. The highest BCUT2D eigenvalue weighted by Crippen LogP contribution is 2.17. The maximum absolute atomic E-state index is 3.43. The number of aryl methyl sites for hydroxylation is 2. The molecule has 1 heteroatoms. The fourth-order valence-electron chi connectivity index (χ4n) is 1.77. The molecule has 1 nitrogen and oxygen atoms in total. The van der Waals surface area contributed by atoms with Gasteiger partial charge in [0.1, 0.15) is 0 Å². The highest BCUT2D eigenvalue weighted by molar-refractivity contribution is 5.64. The SMILES string of the molecule is CC(=CCCNC(C)C)c1ccc(C)c(C)c1. The van der Waals surface area contributed by atoms with Crippen molar-refractivity contribution in [3.63, 3.8) is 0 Å². The minimum absolute atomic E-state index is 0.574. The lowest BCUT2D eigenvalue weighted by Crippen LogP contribution is -2.23. The molecule has 0 saturated carbocycles. The van der Waals surface area contributed by atoms with Crippen LogP contribution in [0.15, 0.2) is 24.3 Å². The van der Waals surface area contributed by atoms with E-state index in [2.05, 4.69) is 64.2 Å². The average molecular weight is 231 g/mol. The zero-order valence-corrected chi connectivity index (χ0v) is 11.8. The van der Waals surface area contributed by atoms with Crippen molar-refractivity contribution < 1.29 is 0 Å². The van der Waals surface area contributed by atoms with Gasteiger partial charge in [0.05, 0.1) is 0 Å². The maximum atomic E-state index is 3.43. The molecule has 1 aromatic carbocycles. The molecular weight excluding hydrogens is 206 g/mol. The van der Waals surface area contributed by atoms with E-state index in [1.54, 1.807) is 0 Å². The van der Waals surface area contributed by atoms with E-state index in [-0.39, 0.29) is 0 Å². The van der Waals surface area contributed by atoms with Crippen LogP contribution in [0, 0.1) is 13.8 Å². The summed E-state index contributed by atoms with van der Waals surface area (Å²) in [6, 6.07) is 7.26. The highest BCUT2D eigenvalue weighted by atomic mass is 14.9. The first-order valence-electron chi connectivity index (χ1n) is 6.48. The topological polar surface area (TPSA) is 12.0 Å². The van der Waals surface area contributed by atoms with Crippen molar-refractivity contribution in [2.24, 2.45) is 0 Å². The van der Waals surface area contributed by atoms with Crippen molar-refractivity contribution in [3.05, 3.63) is 41.0 Å². The van der Waals surface area contributed by atoms with Crippen molar-refractivity contribution in [3.8, 4) is 0 Å². The minimum Gasteiger partial charge on any atom is -0.314 e. The molecule has 0 atom stereocenters. The van der Waals surface area contributed by atoms with Gasteiger partial charge in [0.2, 0.25) is 0 Å². The Labute approximate surface area is 106 Å². The predicted molar refractivity (Wildman–Crippen MR) is 77.3 cm³/mol. The number of nitrogens with one attached hydrogen (secondary N) is 1. The molecule has 0 saturated heterocycles. The van der Waals surface area contributed by atoms with Crippen molar-refractivity contribution in [2.45, 2.75) is 47.1 Å². The first kappa shape index (κ1) is 14.0. The number of rotatable bonds is 5. The van der Waals surface area contributed by atoms with Crippen LogP contribution in [-0.4, -0.2) is 12.6 Å². The quantitative estimate of drug-likeness (QED) is 0.752. The van der Waals surface area contributed by atoms with Crippen molar-refractivity contribution in [1.82, 2.24) is 5.32 Å². The van der Waals surface area contributed by atoms with Gasteiger partial charge in [0.15, 0.2) is 0 Å². The Morgan fingerprint density at radius 3 is 2.53 bits per heavy atom. The molecule has 94 valence electrons. The fourth-order valence-corrected chi connectivity index (χ4v) is 1.77. The number of allylic oxidation sites excluding steroid dienone is 1. The Kier molecular flexibility index (Phi) is 5.43. The van der Waals surface area contributed by atoms with Crippen LogP contribution >= 0.6 is 0 Å². The standard InChI is InChI=1S/C16H25N/c1-12(2)17-10-6-7-14(4)16-9-8-13(3)15(5)11-16/h7-9,11-12,17H,6,10H2,1-5H3. The Morgan fingerprint density at radius 1 is 1.24 bits per heavy atom. The van der Waals surface area contributed by atoms with Crippen LogP contribution in [0.25, 0.3) is 5.57 Å². The lowest BCUT2D eigenvalue weighted by molar-refractivity contribution is 0.595. The van der Waals surface area contributed by atoms with Crippen molar-refractivity contribution in [1.29, 1.82) is 0 Å². The maximum Gasteiger partial charge on any atom is 0.00105 e. The van der Waals surface area contributed by atoms with E-state index >= 15 is 0 Å². The Morgan fingerprint density at radius 2 is 1.94 bits per heavy atom. The van der Waals surface area contributed by atoms with E-state index in [0.29, 0.717) is 6.04 Å². The lowest BCUT2D eigenvalue weighted by atomic mass is 10.0. The predicted octanol–water partition coefficient (Wildman–Crippen LogP) is 4.09. The molecule has 1 rings (SSSR count). The zero-order chi connectivity index (χ0) is 12.8. The van der Waals surface area contributed by atoms with Gasteiger partial charge in [-0.15, -0.1) is 0 Å². The third-order valence-corrected chi connectivity index (χ3v) is 3.11. The molecule has 0 aromatic heterocycles. The van der Waals surface area contributed by atoms with E-state index in [1.165, 1.54) is 22.3 Å². The Hall–Kier alpha value is -1.08. The number of hydrogen-bond donors (Lipinski definition) is 1. The summed E-state index contributed by atoms with van der Waals surface area (Å²) in [6.45, 7) is 11.9. The second-order valence-electron chi connectivity index (χ2n) is 5.08. The summed E-state index contributed by atoms with van der Waals surface area (Å²) in [7, 11) is 0. The number of hydrogen-bond acceptors (Lipinski definition) is 1. The van der Waals surface area contributed by atoms with Gasteiger partial charge in [0.25, 0.3) is 0 Å². The third kappa shape index (κ3) is 4.74. The molecule has 0 aliphatic rings. The monoisotopic (exact) mass is 231 g/mol. The van der Waals surface area contributed by atoms with Crippen molar-refractivity contribution >= 4 is 5.57 Å². The van der Waals surface area contributed by atoms with Crippen LogP contribution in [0.2, 0.25) is 0 Å². The van der Waals surface area contributed by atoms with E-state index in [1.807, 2.05) is 0 Å². The second kappa shape index (κ2) is 6.61. The summed E-state index contributed by atoms with van der Waals surface area (Å²) in [4.78, 5) is 0. The molecule has 0 aliphatic carbocycles. The molecule has 0 radical (unpaired) electrons. The molecule has 0 amide bonds. The summed E-state index contributed by atoms with van der Waals surface area (Å²) < 4.78 is 0. The summed E-state index contributed by atoms with van der Waals surface area (Å²) in [5.41, 5.74) is 5.45. The molecule has 0 fully saturated rings. The molecule has 17 heavy (non-hydrogen) atoms. The highest BCUT2D eigenvalue weighted by Gasteiger charge is 1.98. The Balaban J connectivity index is 2.59. The largest absolute Gasteiger partial charge is 0.314 e. The van der Waals surface area contributed by atoms with Crippen LogP contribution in [0.3, 0.4) is 0 Å². The second-order valence-corrected chi connectivity index (χ2v) is 5.08. The van der Waals surface area contributed by atoms with Gasteiger partial charge in [0, 0.05) is 6.04 Å². The minimum atomic E-state index is 0.574. The smallest absolute Gasteiger partial charge is 0.00105 e. The van der Waals surface area contributed by atoms with E-state index in [4.69, 9.17) is 0 Å². The van der Waals surface area contributed by atoms with Crippen LogP contribution in [0.4, 0.5) is 0 Å². The van der Waals surface area contributed by atoms with Gasteiger partial charge in [-0.1, -0.05) is 38.1 Å². The Bertz CT molecular complexity index is 389. The zero-order valence-electron chi connectivity index (χ0n) is 11.8. The van der Waals surface area contributed by atoms with E-state index in [9.17, 15) is 0 Å². The molecule has 0 heterocycles. The molecule has 1 aromatic rings. The summed E-state index contributed by atoms with van der Waals surface area (Å²) in [5.74, 6) is 0. The average Bonchev–Trinajstić information content (AvgIpc) is 2.27. The molecule has 0 bridgehead atoms. The van der Waals surface area contributed by atoms with E-state index < -0.39 is 0 Å². The fraction of sp³-hybridized carbons (Fsp3) is 0.500. The van der Waals surface area contributed by atoms with E-state index in [0.717, 1.165) is 13.0 Å². The van der Waals surface area contributed by atoms with Gasteiger partial charge in [-0.3, -0.25) is 0 Å². The van der Waals surface area contributed by atoms with Gasteiger partial charge in [-0.2, -0.15) is 0 Å². The summed E-state index contributed by atoms with van der Waals surface area (Å²) >= 11 is 0. The summed E-state index contributed by atoms with van der Waals surface area (Å²) in [5, 5.41) is 3.43. The number of benzene rings is 1. The van der Waals surface area contributed by atoms with Gasteiger partial charge in [-0.25, -0.2) is 0 Å². The van der Waals surface area contributed by atoms with Crippen molar-refractivity contribution in [2.75, 3.05) is 6.54 Å². The van der Waals surface area contributed by atoms with Crippen LogP contribution in [-0.2, 0) is 0 Å². The first-order valence-corrected chi connectivity index (χ1v) is 6.48.